The van der Waals surface area contributed by atoms with Gasteiger partial charge in [-0.05, 0) is 56.9 Å². The SMILES string of the molecule is Cc1c(CC(=O)Nc2ccc(OCCN(C)C)c(CO)c2)nnn1Cc1ccc(Cl)c(Cl)c1. The lowest BCUT2D eigenvalue weighted by Crippen LogP contribution is -2.20. The minimum atomic E-state index is -0.232. The van der Waals surface area contributed by atoms with Crippen LogP contribution >= 0.6 is 23.2 Å². The Labute approximate surface area is 203 Å². The molecule has 0 aliphatic heterocycles. The van der Waals surface area contributed by atoms with E-state index in [0.717, 1.165) is 17.8 Å². The Hall–Kier alpha value is -2.65. The minimum absolute atomic E-state index is 0.0722. The van der Waals surface area contributed by atoms with Crippen LogP contribution in [0.25, 0.3) is 0 Å². The van der Waals surface area contributed by atoms with Gasteiger partial charge in [0.1, 0.15) is 12.4 Å². The van der Waals surface area contributed by atoms with Gasteiger partial charge in [0.2, 0.25) is 5.91 Å². The number of aliphatic hydroxyl groups excluding tert-OH is 1. The number of ether oxygens (including phenoxy) is 1. The lowest BCUT2D eigenvalue weighted by molar-refractivity contribution is -0.115. The monoisotopic (exact) mass is 491 g/mol. The van der Waals surface area contributed by atoms with Crippen LogP contribution in [0.15, 0.2) is 36.4 Å². The van der Waals surface area contributed by atoms with E-state index >= 15 is 0 Å². The zero-order valence-electron chi connectivity index (χ0n) is 18.8. The van der Waals surface area contributed by atoms with Gasteiger partial charge in [-0.15, -0.1) is 5.10 Å². The maximum Gasteiger partial charge on any atom is 0.230 e. The average molecular weight is 492 g/mol. The second kappa shape index (κ2) is 11.5. The van der Waals surface area contributed by atoms with E-state index in [1.54, 1.807) is 35.0 Å². The number of anilines is 1. The molecule has 33 heavy (non-hydrogen) atoms. The van der Waals surface area contributed by atoms with E-state index in [9.17, 15) is 9.90 Å². The standard InChI is InChI=1S/C23H27Cl2N5O3/c1-15-21(27-28-30(15)13-16-4-6-19(24)20(25)10-16)12-23(32)26-18-5-7-22(17(11-18)14-31)33-9-8-29(2)3/h4-7,10-11,31H,8-9,12-14H2,1-3H3,(H,26,32). The highest BCUT2D eigenvalue weighted by Crippen LogP contribution is 2.24. The van der Waals surface area contributed by atoms with E-state index in [2.05, 4.69) is 15.6 Å². The van der Waals surface area contributed by atoms with Crippen molar-refractivity contribution in [3.8, 4) is 5.75 Å². The van der Waals surface area contributed by atoms with Crippen molar-refractivity contribution in [2.24, 2.45) is 0 Å². The van der Waals surface area contributed by atoms with Crippen LogP contribution in [0.5, 0.6) is 5.75 Å². The zero-order chi connectivity index (χ0) is 24.0. The maximum absolute atomic E-state index is 12.6. The lowest BCUT2D eigenvalue weighted by atomic mass is 10.1. The Kier molecular flexibility index (Phi) is 8.68. The average Bonchev–Trinajstić information content (AvgIpc) is 3.10. The normalized spacial score (nSPS) is 11.1. The molecule has 0 saturated heterocycles. The van der Waals surface area contributed by atoms with Crippen molar-refractivity contribution in [2.45, 2.75) is 26.5 Å². The van der Waals surface area contributed by atoms with Crippen molar-refractivity contribution in [2.75, 3.05) is 32.6 Å². The quantitative estimate of drug-likeness (QED) is 0.450. The van der Waals surface area contributed by atoms with Crippen LogP contribution in [0.3, 0.4) is 0 Å². The van der Waals surface area contributed by atoms with Gasteiger partial charge < -0.3 is 20.1 Å². The number of amides is 1. The molecule has 1 amide bonds. The van der Waals surface area contributed by atoms with Gasteiger partial charge in [-0.25, -0.2) is 4.68 Å². The highest BCUT2D eigenvalue weighted by atomic mass is 35.5. The summed E-state index contributed by atoms with van der Waals surface area (Å²) in [6.45, 7) is 3.40. The van der Waals surface area contributed by atoms with E-state index in [1.165, 1.54) is 0 Å². The van der Waals surface area contributed by atoms with Crippen LogP contribution < -0.4 is 10.1 Å². The molecule has 0 radical (unpaired) electrons. The molecule has 10 heteroatoms. The van der Waals surface area contributed by atoms with Gasteiger partial charge in [0.15, 0.2) is 0 Å². The fourth-order valence-corrected chi connectivity index (χ4v) is 3.46. The highest BCUT2D eigenvalue weighted by molar-refractivity contribution is 6.42. The first kappa shape index (κ1) is 25.0. The molecule has 3 aromatic rings. The zero-order valence-corrected chi connectivity index (χ0v) is 20.3. The molecule has 8 nitrogen and oxygen atoms in total. The summed E-state index contributed by atoms with van der Waals surface area (Å²) in [5.41, 5.74) is 3.48. The number of benzene rings is 2. The number of aliphatic hydroxyl groups is 1. The number of carbonyl (C=O) groups excluding carboxylic acids is 1. The molecule has 1 heterocycles. The lowest BCUT2D eigenvalue weighted by Gasteiger charge is -2.14. The number of likely N-dealkylation sites (N-methyl/N-ethyl adjacent to an activating group) is 1. The topological polar surface area (TPSA) is 92.5 Å². The summed E-state index contributed by atoms with van der Waals surface area (Å²) in [5, 5.41) is 21.8. The summed E-state index contributed by atoms with van der Waals surface area (Å²) in [6.07, 6.45) is 0.0722. The molecule has 1 aromatic heterocycles. The van der Waals surface area contributed by atoms with Crippen molar-refractivity contribution >= 4 is 34.8 Å². The number of halogens is 2. The Morgan fingerprint density at radius 3 is 2.67 bits per heavy atom. The molecule has 0 aliphatic carbocycles. The minimum Gasteiger partial charge on any atom is -0.492 e. The number of carbonyl (C=O) groups is 1. The van der Waals surface area contributed by atoms with Crippen molar-refractivity contribution in [3.05, 3.63) is 69.0 Å². The van der Waals surface area contributed by atoms with Crippen LogP contribution in [0.2, 0.25) is 10.0 Å². The van der Waals surface area contributed by atoms with Crippen LogP contribution in [0, 0.1) is 6.92 Å². The fraction of sp³-hybridized carbons (Fsp3) is 0.348. The first-order valence-electron chi connectivity index (χ1n) is 10.4. The Morgan fingerprint density at radius 1 is 1.18 bits per heavy atom. The van der Waals surface area contributed by atoms with Crippen LogP contribution in [-0.4, -0.2) is 58.2 Å². The summed E-state index contributed by atoms with van der Waals surface area (Å²) in [5.74, 6) is 0.364. The van der Waals surface area contributed by atoms with Crippen molar-refractivity contribution in [3.63, 3.8) is 0 Å². The van der Waals surface area contributed by atoms with Gasteiger partial charge in [-0.1, -0.05) is 34.5 Å². The number of aromatic nitrogens is 3. The van der Waals surface area contributed by atoms with Gasteiger partial charge in [-0.2, -0.15) is 0 Å². The molecular formula is C23H27Cl2N5O3. The number of hydrogen-bond donors (Lipinski definition) is 2. The smallest absolute Gasteiger partial charge is 0.230 e. The van der Waals surface area contributed by atoms with E-state index in [0.29, 0.717) is 45.9 Å². The van der Waals surface area contributed by atoms with E-state index in [-0.39, 0.29) is 18.9 Å². The summed E-state index contributed by atoms with van der Waals surface area (Å²) >= 11 is 12.1. The van der Waals surface area contributed by atoms with Gasteiger partial charge >= 0.3 is 0 Å². The summed E-state index contributed by atoms with van der Waals surface area (Å²) < 4.78 is 7.44. The maximum atomic E-state index is 12.6. The molecule has 176 valence electrons. The van der Waals surface area contributed by atoms with Crippen LogP contribution in [0.1, 0.15) is 22.5 Å². The second-order valence-electron chi connectivity index (χ2n) is 7.88. The van der Waals surface area contributed by atoms with Crippen LogP contribution in [0.4, 0.5) is 5.69 Å². The molecule has 2 N–H and O–H groups in total. The molecule has 0 bridgehead atoms. The molecule has 0 atom stereocenters. The number of nitrogens with one attached hydrogen (secondary N) is 1. The molecule has 0 fully saturated rings. The molecule has 3 rings (SSSR count). The Morgan fingerprint density at radius 2 is 1.97 bits per heavy atom. The van der Waals surface area contributed by atoms with Gasteiger partial charge in [0.25, 0.3) is 0 Å². The molecule has 2 aromatic carbocycles. The molecule has 0 aliphatic rings. The largest absolute Gasteiger partial charge is 0.492 e. The summed E-state index contributed by atoms with van der Waals surface area (Å²) in [4.78, 5) is 14.6. The van der Waals surface area contributed by atoms with Gasteiger partial charge in [0.05, 0.1) is 41.0 Å². The molecule has 0 saturated carbocycles. The number of nitrogens with zero attached hydrogens (tertiary/aromatic N) is 4. The van der Waals surface area contributed by atoms with Crippen molar-refractivity contribution in [1.82, 2.24) is 19.9 Å². The summed E-state index contributed by atoms with van der Waals surface area (Å²) in [7, 11) is 3.92. The molecule has 0 spiro atoms. The third kappa shape index (κ3) is 6.91. The Balaban J connectivity index is 1.62. The Bertz CT molecular complexity index is 1120. The number of hydrogen-bond acceptors (Lipinski definition) is 6. The number of rotatable bonds is 10. The van der Waals surface area contributed by atoms with E-state index in [1.807, 2.05) is 32.0 Å². The molecule has 0 unspecified atom stereocenters. The van der Waals surface area contributed by atoms with E-state index in [4.69, 9.17) is 27.9 Å². The van der Waals surface area contributed by atoms with Crippen LogP contribution in [-0.2, 0) is 24.4 Å². The molecular weight excluding hydrogens is 465 g/mol. The third-order valence-electron chi connectivity index (χ3n) is 5.03. The van der Waals surface area contributed by atoms with Crippen molar-refractivity contribution < 1.29 is 14.6 Å². The summed E-state index contributed by atoms with van der Waals surface area (Å²) in [6, 6.07) is 10.6. The first-order valence-corrected chi connectivity index (χ1v) is 11.2. The first-order chi connectivity index (χ1) is 15.8. The predicted molar refractivity (Wildman–Crippen MR) is 129 cm³/mol. The van der Waals surface area contributed by atoms with E-state index < -0.39 is 0 Å². The predicted octanol–water partition coefficient (Wildman–Crippen LogP) is 3.56. The van der Waals surface area contributed by atoms with Gasteiger partial charge in [-0.3, -0.25) is 4.79 Å². The third-order valence-corrected chi connectivity index (χ3v) is 5.77. The van der Waals surface area contributed by atoms with Crippen molar-refractivity contribution in [1.29, 1.82) is 0 Å². The van der Waals surface area contributed by atoms with Gasteiger partial charge in [0, 0.05) is 17.8 Å². The second-order valence-corrected chi connectivity index (χ2v) is 8.70. The highest BCUT2D eigenvalue weighted by Gasteiger charge is 2.14. The fourth-order valence-electron chi connectivity index (χ4n) is 3.14.